The standard InChI is InChI=1S/C12H15NS/c1-4-12(2,3)11-13-9-7-5-6-8-10(9)14-11/h5-8H,4H2,1-3H3. The Balaban J connectivity index is 2.55. The zero-order chi connectivity index (χ0) is 10.2. The fourth-order valence-electron chi connectivity index (χ4n) is 1.31. The molecule has 0 amide bonds. The number of benzene rings is 1. The van der Waals surface area contributed by atoms with Gasteiger partial charge < -0.3 is 0 Å². The van der Waals surface area contributed by atoms with Crippen molar-refractivity contribution >= 4 is 21.6 Å². The smallest absolute Gasteiger partial charge is 0.0994 e. The van der Waals surface area contributed by atoms with E-state index in [-0.39, 0.29) is 5.41 Å². The van der Waals surface area contributed by atoms with Crippen LogP contribution in [0.2, 0.25) is 0 Å². The second kappa shape index (κ2) is 3.35. The molecule has 0 unspecified atom stereocenters. The highest BCUT2D eigenvalue weighted by atomic mass is 32.1. The average Bonchev–Trinajstić information content (AvgIpc) is 2.61. The number of fused-ring (bicyclic) bond motifs is 1. The van der Waals surface area contributed by atoms with Crippen LogP contribution in [0.1, 0.15) is 32.2 Å². The Morgan fingerprint density at radius 3 is 2.64 bits per heavy atom. The summed E-state index contributed by atoms with van der Waals surface area (Å²) in [6, 6.07) is 8.34. The largest absolute Gasteiger partial charge is 0.241 e. The number of hydrogen-bond donors (Lipinski definition) is 0. The molecule has 0 spiro atoms. The Morgan fingerprint density at radius 2 is 2.00 bits per heavy atom. The van der Waals surface area contributed by atoms with Crippen LogP contribution in [0.4, 0.5) is 0 Å². The van der Waals surface area contributed by atoms with E-state index < -0.39 is 0 Å². The molecule has 1 aromatic heterocycles. The third-order valence-electron chi connectivity index (χ3n) is 2.76. The minimum Gasteiger partial charge on any atom is -0.241 e. The fourth-order valence-corrected chi connectivity index (χ4v) is 2.45. The van der Waals surface area contributed by atoms with Crippen molar-refractivity contribution in [3.63, 3.8) is 0 Å². The molecule has 1 nitrogen and oxygen atoms in total. The molecule has 0 radical (unpaired) electrons. The van der Waals surface area contributed by atoms with Gasteiger partial charge in [0.15, 0.2) is 0 Å². The van der Waals surface area contributed by atoms with Crippen LogP contribution in [0, 0.1) is 0 Å². The summed E-state index contributed by atoms with van der Waals surface area (Å²) in [5.74, 6) is 0. The Labute approximate surface area is 88.8 Å². The number of hydrogen-bond acceptors (Lipinski definition) is 2. The van der Waals surface area contributed by atoms with Crippen molar-refractivity contribution in [3.8, 4) is 0 Å². The van der Waals surface area contributed by atoms with Gasteiger partial charge in [0.1, 0.15) is 0 Å². The minimum absolute atomic E-state index is 0.212. The van der Waals surface area contributed by atoms with Gasteiger partial charge in [-0.05, 0) is 18.6 Å². The molecule has 14 heavy (non-hydrogen) atoms. The summed E-state index contributed by atoms with van der Waals surface area (Å²) in [5.41, 5.74) is 1.35. The second-order valence-electron chi connectivity index (χ2n) is 4.22. The van der Waals surface area contributed by atoms with E-state index in [4.69, 9.17) is 0 Å². The Kier molecular flexibility index (Phi) is 2.31. The van der Waals surface area contributed by atoms with Crippen LogP contribution in [0.3, 0.4) is 0 Å². The second-order valence-corrected chi connectivity index (χ2v) is 5.25. The molecule has 0 aliphatic heterocycles. The molecule has 2 rings (SSSR count). The Morgan fingerprint density at radius 1 is 1.29 bits per heavy atom. The third-order valence-corrected chi connectivity index (χ3v) is 4.16. The van der Waals surface area contributed by atoms with E-state index in [0.717, 1.165) is 11.9 Å². The van der Waals surface area contributed by atoms with E-state index in [1.807, 2.05) is 17.4 Å². The molecular weight excluding hydrogens is 190 g/mol. The van der Waals surface area contributed by atoms with Crippen molar-refractivity contribution in [3.05, 3.63) is 29.3 Å². The quantitative estimate of drug-likeness (QED) is 0.722. The van der Waals surface area contributed by atoms with Gasteiger partial charge in [-0.3, -0.25) is 0 Å². The highest BCUT2D eigenvalue weighted by molar-refractivity contribution is 7.18. The van der Waals surface area contributed by atoms with Gasteiger partial charge in [0.05, 0.1) is 15.2 Å². The SMILES string of the molecule is CCC(C)(C)c1nc2ccccc2s1. The molecule has 0 saturated heterocycles. The first kappa shape index (κ1) is 9.66. The maximum Gasteiger partial charge on any atom is 0.0994 e. The number of thiazole rings is 1. The van der Waals surface area contributed by atoms with Crippen LogP contribution in [0.25, 0.3) is 10.2 Å². The van der Waals surface area contributed by atoms with Crippen LogP contribution in [-0.4, -0.2) is 4.98 Å². The highest BCUT2D eigenvalue weighted by Gasteiger charge is 2.22. The molecular formula is C12H15NS. The summed E-state index contributed by atoms with van der Waals surface area (Å²) in [6.07, 6.45) is 1.13. The average molecular weight is 205 g/mol. The van der Waals surface area contributed by atoms with E-state index in [9.17, 15) is 0 Å². The lowest BCUT2D eigenvalue weighted by Crippen LogP contribution is -2.14. The predicted molar refractivity (Wildman–Crippen MR) is 62.9 cm³/mol. The molecule has 0 bridgehead atoms. The molecule has 74 valence electrons. The van der Waals surface area contributed by atoms with Gasteiger partial charge in [0, 0.05) is 5.41 Å². The van der Waals surface area contributed by atoms with Crippen LogP contribution < -0.4 is 0 Å². The van der Waals surface area contributed by atoms with Gasteiger partial charge in [-0.2, -0.15) is 0 Å². The van der Waals surface area contributed by atoms with E-state index in [0.29, 0.717) is 0 Å². The first-order valence-electron chi connectivity index (χ1n) is 4.99. The monoisotopic (exact) mass is 205 g/mol. The number of aromatic nitrogens is 1. The lowest BCUT2D eigenvalue weighted by atomic mass is 9.91. The third kappa shape index (κ3) is 1.55. The van der Waals surface area contributed by atoms with E-state index in [2.05, 4.69) is 44.0 Å². The minimum atomic E-state index is 0.212. The number of rotatable bonds is 2. The molecule has 0 N–H and O–H groups in total. The summed E-state index contributed by atoms with van der Waals surface area (Å²) in [4.78, 5) is 4.67. The summed E-state index contributed by atoms with van der Waals surface area (Å²) in [6.45, 7) is 6.72. The van der Waals surface area contributed by atoms with Gasteiger partial charge in [-0.15, -0.1) is 11.3 Å². The molecule has 0 saturated carbocycles. The van der Waals surface area contributed by atoms with Crippen molar-refractivity contribution in [2.75, 3.05) is 0 Å². The summed E-state index contributed by atoms with van der Waals surface area (Å²) in [5, 5.41) is 1.25. The lowest BCUT2D eigenvalue weighted by Gasteiger charge is -2.18. The maximum absolute atomic E-state index is 4.67. The Hall–Kier alpha value is -0.890. The topological polar surface area (TPSA) is 12.9 Å². The van der Waals surface area contributed by atoms with Gasteiger partial charge in [-0.25, -0.2) is 4.98 Å². The molecule has 1 aromatic carbocycles. The Bertz CT molecular complexity index is 409. The summed E-state index contributed by atoms with van der Waals surface area (Å²) in [7, 11) is 0. The molecule has 2 aromatic rings. The van der Waals surface area contributed by atoms with Crippen molar-refractivity contribution in [1.29, 1.82) is 0 Å². The van der Waals surface area contributed by atoms with E-state index >= 15 is 0 Å². The highest BCUT2D eigenvalue weighted by Crippen LogP contribution is 2.33. The molecule has 0 fully saturated rings. The zero-order valence-electron chi connectivity index (χ0n) is 8.87. The van der Waals surface area contributed by atoms with Crippen molar-refractivity contribution < 1.29 is 0 Å². The van der Waals surface area contributed by atoms with Crippen molar-refractivity contribution in [2.45, 2.75) is 32.6 Å². The normalized spacial score (nSPS) is 12.2. The van der Waals surface area contributed by atoms with Crippen LogP contribution in [0.15, 0.2) is 24.3 Å². The van der Waals surface area contributed by atoms with E-state index in [1.54, 1.807) is 0 Å². The summed E-state index contributed by atoms with van der Waals surface area (Å²) < 4.78 is 1.30. The van der Waals surface area contributed by atoms with Crippen LogP contribution >= 0.6 is 11.3 Å². The van der Waals surface area contributed by atoms with Crippen LogP contribution in [0.5, 0.6) is 0 Å². The molecule has 1 heterocycles. The summed E-state index contributed by atoms with van der Waals surface area (Å²) >= 11 is 1.82. The maximum atomic E-state index is 4.67. The number of nitrogens with zero attached hydrogens (tertiary/aromatic N) is 1. The molecule has 2 heteroatoms. The van der Waals surface area contributed by atoms with Crippen molar-refractivity contribution in [1.82, 2.24) is 4.98 Å². The first-order chi connectivity index (χ1) is 6.63. The zero-order valence-corrected chi connectivity index (χ0v) is 9.69. The predicted octanol–water partition coefficient (Wildman–Crippen LogP) is 3.98. The molecule has 0 atom stereocenters. The van der Waals surface area contributed by atoms with Gasteiger partial charge in [-0.1, -0.05) is 32.9 Å². The number of para-hydroxylation sites is 1. The molecule has 0 aliphatic rings. The first-order valence-corrected chi connectivity index (χ1v) is 5.81. The lowest BCUT2D eigenvalue weighted by molar-refractivity contribution is 0.504. The van der Waals surface area contributed by atoms with Crippen LogP contribution in [-0.2, 0) is 5.41 Å². The van der Waals surface area contributed by atoms with Gasteiger partial charge >= 0.3 is 0 Å². The van der Waals surface area contributed by atoms with Crippen molar-refractivity contribution in [2.24, 2.45) is 0 Å². The van der Waals surface area contributed by atoms with E-state index in [1.165, 1.54) is 9.71 Å². The fraction of sp³-hybridized carbons (Fsp3) is 0.417. The molecule has 0 aliphatic carbocycles. The van der Waals surface area contributed by atoms with Gasteiger partial charge in [0.2, 0.25) is 0 Å². The van der Waals surface area contributed by atoms with Gasteiger partial charge in [0.25, 0.3) is 0 Å².